The number of nitrogens with zero attached hydrogens (tertiary/aromatic N) is 2. The van der Waals surface area contributed by atoms with E-state index in [0.29, 0.717) is 0 Å². The second kappa shape index (κ2) is 6.80. The van der Waals surface area contributed by atoms with E-state index in [2.05, 4.69) is 22.6 Å². The summed E-state index contributed by atoms with van der Waals surface area (Å²) in [4.78, 5) is 9.90. The Morgan fingerprint density at radius 3 is 1.75 bits per heavy atom. The van der Waals surface area contributed by atoms with Gasteiger partial charge in [-0.1, -0.05) is 0 Å². The van der Waals surface area contributed by atoms with Gasteiger partial charge < -0.3 is 11.1 Å². The van der Waals surface area contributed by atoms with Gasteiger partial charge in [-0.15, -0.1) is 0 Å². The predicted molar refractivity (Wildman–Crippen MR) is 42.0 cm³/mol. The van der Waals surface area contributed by atoms with E-state index in [4.69, 9.17) is 10.7 Å². The lowest BCUT2D eigenvalue weighted by Crippen LogP contribution is -2.51. The van der Waals surface area contributed by atoms with Crippen molar-refractivity contribution in [2.75, 3.05) is 0 Å². The number of amides is 1. The molecule has 7 nitrogen and oxygen atoms in total. The second-order valence-electron chi connectivity index (χ2n) is 1.46. The molecule has 0 aromatic heterocycles. The number of rotatable bonds is 1. The number of hydrogen-bond donors (Lipinski definition) is 4. The number of carbonyl (C=O) groups excluding carboxylic acids is 1. The van der Waals surface area contributed by atoms with Crippen LogP contribution < -0.4 is 22.6 Å². The van der Waals surface area contributed by atoms with Gasteiger partial charge in [0.2, 0.25) is 0 Å². The summed E-state index contributed by atoms with van der Waals surface area (Å²) in [6.45, 7) is 0. The zero-order valence-electron chi connectivity index (χ0n) is 6.11. The molecule has 12 heavy (non-hydrogen) atoms. The summed E-state index contributed by atoms with van der Waals surface area (Å²) in [7, 11) is 0. The Kier molecular flexibility index (Phi) is 7.00. The van der Waals surface area contributed by atoms with E-state index in [1.54, 1.807) is 0 Å². The van der Waals surface area contributed by atoms with E-state index in [9.17, 15) is 4.79 Å². The minimum absolute atomic E-state index is 0.0833. The van der Waals surface area contributed by atoms with Crippen LogP contribution in [-0.2, 0) is 4.79 Å². The molecule has 0 aliphatic heterocycles. The molecule has 0 radical (unpaired) electrons. The molecular formula is C5H8N6O. The molecule has 0 unspecified atom stereocenters. The van der Waals surface area contributed by atoms with Crippen molar-refractivity contribution >= 4 is 17.7 Å². The van der Waals surface area contributed by atoms with Gasteiger partial charge in [-0.05, 0) is 0 Å². The summed E-state index contributed by atoms with van der Waals surface area (Å²) in [6.07, 6.45) is 0. The van der Waals surface area contributed by atoms with Crippen LogP contribution in [-0.4, -0.2) is 17.7 Å². The average molecular weight is 168 g/mol. The summed E-state index contributed by atoms with van der Waals surface area (Å²) in [5, 5.41) is 20.4. The first-order valence-electron chi connectivity index (χ1n) is 2.56. The van der Waals surface area contributed by atoms with Crippen LogP contribution in [0.2, 0.25) is 0 Å². The van der Waals surface area contributed by atoms with Gasteiger partial charge in [0.05, 0.1) is 0 Å². The highest BCUT2D eigenvalue weighted by molar-refractivity contribution is 6.04. The van der Waals surface area contributed by atoms with Crippen molar-refractivity contribution in [3.8, 4) is 6.07 Å². The monoisotopic (exact) mass is 168 g/mol. The Hall–Kier alpha value is -2.32. The smallest absolute Gasteiger partial charge is 0.336 e. The van der Waals surface area contributed by atoms with E-state index < -0.39 is 11.5 Å². The third-order valence-electron chi connectivity index (χ3n) is 0.470. The highest BCUT2D eigenvalue weighted by Crippen LogP contribution is 1.78. The van der Waals surface area contributed by atoms with Gasteiger partial charge in [0.15, 0.2) is 0 Å². The molecule has 64 valence electrons. The van der Waals surface area contributed by atoms with Crippen molar-refractivity contribution < 1.29 is 10.2 Å². The predicted octanol–water partition coefficient (Wildman–Crippen LogP) is -3.82. The first-order chi connectivity index (χ1) is 5.45. The SMILES string of the molecule is N#CC(=C=[N-])C(N)=O.NC(N)=[NH2+]. The third-order valence-corrected chi connectivity index (χ3v) is 0.470. The van der Waals surface area contributed by atoms with E-state index >= 15 is 0 Å². The number of guanidine groups is 1. The molecule has 1 amide bonds. The van der Waals surface area contributed by atoms with Crippen LogP contribution in [0.25, 0.3) is 5.41 Å². The fourth-order valence-electron chi connectivity index (χ4n) is 0.135. The molecule has 0 saturated heterocycles. The minimum atomic E-state index is -0.977. The zero-order chi connectivity index (χ0) is 10.1. The van der Waals surface area contributed by atoms with Gasteiger partial charge in [-0.2, -0.15) is 5.26 Å². The Labute approximate surface area is 68.5 Å². The highest BCUT2D eigenvalue weighted by atomic mass is 16.1. The molecule has 0 aromatic rings. The van der Waals surface area contributed by atoms with Gasteiger partial charge in [0, 0.05) is 0 Å². The van der Waals surface area contributed by atoms with E-state index in [0.717, 1.165) is 0 Å². The summed E-state index contributed by atoms with van der Waals surface area (Å²) in [5.41, 5.74) is 13.1. The molecule has 0 spiro atoms. The Morgan fingerprint density at radius 1 is 1.42 bits per heavy atom. The van der Waals surface area contributed by atoms with Crippen molar-refractivity contribution in [2.24, 2.45) is 17.2 Å². The van der Waals surface area contributed by atoms with E-state index in [1.807, 2.05) is 0 Å². The summed E-state index contributed by atoms with van der Waals surface area (Å²) in [6, 6.07) is 1.33. The molecule has 7 heteroatoms. The van der Waals surface area contributed by atoms with Crippen LogP contribution in [0.5, 0.6) is 0 Å². The lowest BCUT2D eigenvalue weighted by molar-refractivity contribution is -0.117. The molecule has 0 rings (SSSR count). The number of hydrogen-bond acceptors (Lipinski definition) is 2. The van der Waals surface area contributed by atoms with Crippen molar-refractivity contribution in [1.82, 2.24) is 0 Å². The van der Waals surface area contributed by atoms with E-state index in [-0.39, 0.29) is 5.96 Å². The highest BCUT2D eigenvalue weighted by Gasteiger charge is 1.95. The molecule has 0 atom stereocenters. The van der Waals surface area contributed by atoms with Crippen molar-refractivity contribution in [2.45, 2.75) is 0 Å². The summed E-state index contributed by atoms with van der Waals surface area (Å²) < 4.78 is 0. The lowest BCUT2D eigenvalue weighted by Gasteiger charge is -1.82. The quantitative estimate of drug-likeness (QED) is 0.136. The average Bonchev–Trinajstić information content (AvgIpc) is 1.87. The lowest BCUT2D eigenvalue weighted by atomic mass is 10.3. The fraction of sp³-hybridized carbons (Fsp3) is 0. The molecule has 0 aliphatic carbocycles. The van der Waals surface area contributed by atoms with Gasteiger partial charge in [0.1, 0.15) is 11.6 Å². The molecule has 0 aromatic carbocycles. The third kappa shape index (κ3) is 10.6. The Bertz CT molecular complexity index is 264. The van der Waals surface area contributed by atoms with Crippen LogP contribution >= 0.6 is 0 Å². The first-order valence-corrected chi connectivity index (χ1v) is 2.56. The molecule has 0 saturated carbocycles. The van der Waals surface area contributed by atoms with Crippen LogP contribution in [0.3, 0.4) is 0 Å². The number of carbonyl (C=O) groups is 1. The largest absolute Gasteiger partial charge is 0.762 e. The molecule has 8 N–H and O–H groups in total. The number of nitrogens with two attached hydrogens (primary N) is 4. The Balaban J connectivity index is 0. The zero-order valence-corrected chi connectivity index (χ0v) is 6.11. The van der Waals surface area contributed by atoms with Crippen molar-refractivity contribution in [1.29, 1.82) is 5.26 Å². The van der Waals surface area contributed by atoms with Crippen LogP contribution in [0, 0.1) is 11.3 Å². The van der Waals surface area contributed by atoms with Gasteiger partial charge in [-0.25, -0.2) is 5.87 Å². The van der Waals surface area contributed by atoms with Crippen LogP contribution in [0.1, 0.15) is 0 Å². The summed E-state index contributed by atoms with van der Waals surface area (Å²) in [5.74, 6) is 0.272. The number of nitriles is 1. The van der Waals surface area contributed by atoms with E-state index in [1.165, 1.54) is 11.9 Å². The van der Waals surface area contributed by atoms with Crippen LogP contribution in [0.15, 0.2) is 5.57 Å². The normalized spacial score (nSPS) is 6.25. The summed E-state index contributed by atoms with van der Waals surface area (Å²) >= 11 is 0. The second-order valence-corrected chi connectivity index (χ2v) is 1.46. The molecule has 0 aliphatic rings. The topological polar surface area (TPSA) is 167 Å². The fourth-order valence-corrected chi connectivity index (χ4v) is 0.135. The van der Waals surface area contributed by atoms with Gasteiger partial charge in [0.25, 0.3) is 5.91 Å². The molecule has 0 heterocycles. The maximum absolute atomic E-state index is 9.90. The van der Waals surface area contributed by atoms with Gasteiger partial charge in [-0.3, -0.25) is 21.7 Å². The number of primary amides is 1. The molecular weight excluding hydrogens is 160 g/mol. The molecule has 0 fully saturated rings. The molecule has 0 bridgehead atoms. The first kappa shape index (κ1) is 12.4. The van der Waals surface area contributed by atoms with Gasteiger partial charge >= 0.3 is 5.96 Å². The maximum Gasteiger partial charge on any atom is 0.336 e. The maximum atomic E-state index is 9.90. The Morgan fingerprint density at radius 2 is 1.75 bits per heavy atom. The van der Waals surface area contributed by atoms with Crippen molar-refractivity contribution in [3.63, 3.8) is 0 Å². The van der Waals surface area contributed by atoms with Crippen molar-refractivity contribution in [3.05, 3.63) is 11.0 Å². The standard InChI is InChI=1S/C4H2N3O.CH5N3/c5-1-3(2-6)4(7)8;2-1(3)4/h(H2,7,8);(H5,2,3,4)/q-1;/p+1. The minimum Gasteiger partial charge on any atom is -0.762 e. The van der Waals surface area contributed by atoms with Crippen LogP contribution in [0.4, 0.5) is 0 Å².